The predicted octanol–water partition coefficient (Wildman–Crippen LogP) is 3.49. The van der Waals surface area contributed by atoms with Crippen molar-refractivity contribution in [2.75, 3.05) is 20.8 Å². The minimum atomic E-state index is -0.694. The van der Waals surface area contributed by atoms with E-state index in [1.54, 1.807) is 32.4 Å². The molecule has 0 radical (unpaired) electrons. The lowest BCUT2D eigenvalue weighted by molar-refractivity contribution is 0.169. The number of halogens is 1. The molecule has 0 fully saturated rings. The van der Waals surface area contributed by atoms with Crippen molar-refractivity contribution >= 4 is 11.6 Å². The number of hydrogen-bond donors (Lipinski definition) is 2. The number of aryl methyl sites for hydroxylation is 1. The first-order valence-electron chi connectivity index (χ1n) is 7.40. The monoisotopic (exact) mass is 335 g/mol. The molecule has 0 amide bonds. The Bertz CT molecular complexity index is 640. The molecule has 4 nitrogen and oxygen atoms in total. The molecule has 124 valence electrons. The molecule has 0 spiro atoms. The minimum Gasteiger partial charge on any atom is -0.497 e. The van der Waals surface area contributed by atoms with E-state index in [9.17, 15) is 5.11 Å². The second kappa shape index (κ2) is 8.20. The summed E-state index contributed by atoms with van der Waals surface area (Å²) in [5.74, 6) is 1.32. The van der Waals surface area contributed by atoms with Gasteiger partial charge in [0.05, 0.1) is 20.3 Å². The highest BCUT2D eigenvalue weighted by molar-refractivity contribution is 6.30. The van der Waals surface area contributed by atoms with Crippen LogP contribution in [0, 0.1) is 6.92 Å². The summed E-state index contributed by atoms with van der Waals surface area (Å²) in [6.45, 7) is 3.03. The van der Waals surface area contributed by atoms with E-state index in [1.807, 2.05) is 19.1 Å². The maximum absolute atomic E-state index is 10.4. The van der Waals surface area contributed by atoms with Crippen LogP contribution in [0.1, 0.15) is 22.8 Å². The number of hydrogen-bond acceptors (Lipinski definition) is 4. The van der Waals surface area contributed by atoms with Gasteiger partial charge in [-0.15, -0.1) is 0 Å². The standard InChI is InChI=1S/C18H22ClNO3/c1-12-6-13(8-14(19)7-12)10-20-11-17(21)16-9-15(22-2)4-5-18(16)23-3/h4-9,17,20-21H,10-11H2,1-3H3. The van der Waals surface area contributed by atoms with Crippen molar-refractivity contribution in [2.24, 2.45) is 0 Å². The second-order valence-electron chi connectivity index (χ2n) is 5.39. The largest absolute Gasteiger partial charge is 0.497 e. The summed E-state index contributed by atoms with van der Waals surface area (Å²) in [6.07, 6.45) is -0.694. The summed E-state index contributed by atoms with van der Waals surface area (Å²) < 4.78 is 10.5. The molecule has 2 aromatic carbocycles. The number of aliphatic hydroxyl groups excluding tert-OH is 1. The molecule has 0 saturated carbocycles. The van der Waals surface area contributed by atoms with Crippen molar-refractivity contribution in [3.8, 4) is 11.5 Å². The molecule has 1 unspecified atom stereocenters. The van der Waals surface area contributed by atoms with E-state index in [4.69, 9.17) is 21.1 Å². The number of ether oxygens (including phenoxy) is 2. The molecule has 2 rings (SSSR count). The molecule has 2 N–H and O–H groups in total. The van der Waals surface area contributed by atoms with E-state index in [2.05, 4.69) is 11.4 Å². The summed E-state index contributed by atoms with van der Waals surface area (Å²) in [5, 5.41) is 14.4. The zero-order valence-electron chi connectivity index (χ0n) is 13.6. The number of aliphatic hydroxyl groups is 1. The van der Waals surface area contributed by atoms with Gasteiger partial charge in [-0.05, 0) is 48.4 Å². The molecule has 5 heteroatoms. The van der Waals surface area contributed by atoms with Crippen LogP contribution in [0.15, 0.2) is 36.4 Å². The van der Waals surface area contributed by atoms with Gasteiger partial charge in [-0.25, -0.2) is 0 Å². The van der Waals surface area contributed by atoms with Crippen LogP contribution in [0.4, 0.5) is 0 Å². The van der Waals surface area contributed by atoms with Gasteiger partial charge in [-0.3, -0.25) is 0 Å². The van der Waals surface area contributed by atoms with Gasteiger partial charge in [-0.1, -0.05) is 17.7 Å². The summed E-state index contributed by atoms with van der Waals surface area (Å²) in [6, 6.07) is 11.3. The fourth-order valence-electron chi connectivity index (χ4n) is 2.48. The van der Waals surface area contributed by atoms with Crippen molar-refractivity contribution in [2.45, 2.75) is 19.6 Å². The highest BCUT2D eigenvalue weighted by atomic mass is 35.5. The van der Waals surface area contributed by atoms with E-state index in [0.29, 0.717) is 30.2 Å². The fraction of sp³-hybridized carbons (Fsp3) is 0.333. The van der Waals surface area contributed by atoms with Gasteiger partial charge in [0.15, 0.2) is 0 Å². The first-order chi connectivity index (χ1) is 11.0. The maximum Gasteiger partial charge on any atom is 0.124 e. The third-order valence-corrected chi connectivity index (χ3v) is 3.78. The van der Waals surface area contributed by atoms with Crippen LogP contribution >= 0.6 is 11.6 Å². The number of rotatable bonds is 7. The molecule has 0 heterocycles. The molecular formula is C18H22ClNO3. The van der Waals surface area contributed by atoms with Crippen LogP contribution in [0.5, 0.6) is 11.5 Å². The van der Waals surface area contributed by atoms with Crippen molar-refractivity contribution in [3.63, 3.8) is 0 Å². The van der Waals surface area contributed by atoms with Gasteiger partial charge < -0.3 is 19.9 Å². The highest BCUT2D eigenvalue weighted by Crippen LogP contribution is 2.29. The van der Waals surface area contributed by atoms with Gasteiger partial charge in [0, 0.05) is 23.7 Å². The number of methoxy groups -OCH3 is 2. The Kier molecular flexibility index (Phi) is 6.28. The van der Waals surface area contributed by atoms with Gasteiger partial charge in [0.2, 0.25) is 0 Å². The Balaban J connectivity index is 2.00. The zero-order chi connectivity index (χ0) is 16.8. The van der Waals surface area contributed by atoms with Crippen molar-refractivity contribution < 1.29 is 14.6 Å². The van der Waals surface area contributed by atoms with Crippen LogP contribution < -0.4 is 14.8 Å². The first-order valence-corrected chi connectivity index (χ1v) is 7.78. The Morgan fingerprint density at radius 1 is 1.13 bits per heavy atom. The van der Waals surface area contributed by atoms with Crippen molar-refractivity contribution in [1.82, 2.24) is 5.32 Å². The van der Waals surface area contributed by atoms with Gasteiger partial charge in [0.25, 0.3) is 0 Å². The average Bonchev–Trinajstić information content (AvgIpc) is 2.53. The normalized spacial score (nSPS) is 12.0. The quantitative estimate of drug-likeness (QED) is 0.813. The first kappa shape index (κ1) is 17.6. The third-order valence-electron chi connectivity index (χ3n) is 3.56. The van der Waals surface area contributed by atoms with Crippen LogP contribution in [-0.4, -0.2) is 25.9 Å². The van der Waals surface area contributed by atoms with E-state index in [1.165, 1.54) is 0 Å². The van der Waals surface area contributed by atoms with Crippen LogP contribution in [0.25, 0.3) is 0 Å². The molecule has 0 aliphatic rings. The Morgan fingerprint density at radius 2 is 1.91 bits per heavy atom. The van der Waals surface area contributed by atoms with Gasteiger partial charge >= 0.3 is 0 Å². The van der Waals surface area contributed by atoms with Crippen LogP contribution in [0.3, 0.4) is 0 Å². The minimum absolute atomic E-state index is 0.398. The van der Waals surface area contributed by atoms with Crippen LogP contribution in [-0.2, 0) is 6.54 Å². The van der Waals surface area contributed by atoms with E-state index in [0.717, 1.165) is 16.1 Å². The van der Waals surface area contributed by atoms with E-state index < -0.39 is 6.10 Å². The maximum atomic E-state index is 10.4. The lowest BCUT2D eigenvalue weighted by Gasteiger charge is -2.17. The Hall–Kier alpha value is -1.75. The molecular weight excluding hydrogens is 314 g/mol. The molecule has 0 aromatic heterocycles. The molecule has 1 atom stereocenters. The fourth-order valence-corrected chi connectivity index (χ4v) is 2.79. The number of benzene rings is 2. The summed E-state index contributed by atoms with van der Waals surface area (Å²) in [7, 11) is 3.18. The average molecular weight is 336 g/mol. The molecule has 23 heavy (non-hydrogen) atoms. The lowest BCUT2D eigenvalue weighted by atomic mass is 10.1. The van der Waals surface area contributed by atoms with Crippen molar-refractivity contribution in [3.05, 3.63) is 58.1 Å². The second-order valence-corrected chi connectivity index (χ2v) is 5.83. The molecule has 0 bridgehead atoms. The van der Waals surface area contributed by atoms with Crippen LogP contribution in [0.2, 0.25) is 5.02 Å². The van der Waals surface area contributed by atoms with Gasteiger partial charge in [0.1, 0.15) is 11.5 Å². The summed E-state index contributed by atoms with van der Waals surface area (Å²) >= 11 is 6.05. The predicted molar refractivity (Wildman–Crippen MR) is 92.4 cm³/mol. The molecule has 0 saturated heterocycles. The molecule has 0 aliphatic carbocycles. The Morgan fingerprint density at radius 3 is 2.57 bits per heavy atom. The van der Waals surface area contributed by atoms with E-state index >= 15 is 0 Å². The smallest absolute Gasteiger partial charge is 0.124 e. The SMILES string of the molecule is COc1ccc(OC)c(C(O)CNCc2cc(C)cc(Cl)c2)c1. The molecule has 2 aromatic rings. The summed E-state index contributed by atoms with van der Waals surface area (Å²) in [4.78, 5) is 0. The third kappa shape index (κ3) is 4.86. The molecule has 0 aliphatic heterocycles. The highest BCUT2D eigenvalue weighted by Gasteiger charge is 2.14. The van der Waals surface area contributed by atoms with E-state index in [-0.39, 0.29) is 0 Å². The van der Waals surface area contributed by atoms with Gasteiger partial charge in [-0.2, -0.15) is 0 Å². The topological polar surface area (TPSA) is 50.7 Å². The Labute approximate surface area is 142 Å². The summed E-state index contributed by atoms with van der Waals surface area (Å²) in [5.41, 5.74) is 2.89. The number of nitrogens with one attached hydrogen (secondary N) is 1. The van der Waals surface area contributed by atoms with Crippen molar-refractivity contribution in [1.29, 1.82) is 0 Å². The zero-order valence-corrected chi connectivity index (χ0v) is 14.4. The lowest BCUT2D eigenvalue weighted by Crippen LogP contribution is -2.21.